The number of alkyl halides is 1. The summed E-state index contributed by atoms with van der Waals surface area (Å²) in [5, 5.41) is 6.29. The van der Waals surface area contributed by atoms with E-state index in [1.165, 1.54) is 0 Å². The van der Waals surface area contributed by atoms with Crippen LogP contribution < -0.4 is 5.32 Å². The Kier molecular flexibility index (Phi) is 8.50. The van der Waals surface area contributed by atoms with Gasteiger partial charge in [0.15, 0.2) is 0 Å². The van der Waals surface area contributed by atoms with E-state index in [1.807, 2.05) is 54.6 Å². The first-order chi connectivity index (χ1) is 15.2. The van der Waals surface area contributed by atoms with Crippen molar-refractivity contribution in [3.05, 3.63) is 113 Å². The maximum Gasteiger partial charge on any atom is 0.340 e. The summed E-state index contributed by atoms with van der Waals surface area (Å²) in [5.41, 5.74) is 3.46. The van der Waals surface area contributed by atoms with Crippen LogP contribution in [0.25, 0.3) is 0 Å². The summed E-state index contributed by atoms with van der Waals surface area (Å²) in [7, 11) is 0. The van der Waals surface area contributed by atoms with E-state index in [9.17, 15) is 9.70 Å². The van der Waals surface area contributed by atoms with Gasteiger partial charge in [-0.2, -0.15) is 5.01 Å². The maximum atomic E-state index is 12.2. The van der Waals surface area contributed by atoms with Crippen LogP contribution in [-0.4, -0.2) is 35.8 Å². The minimum atomic E-state index is -0.541. The SMILES string of the molecule is O=NN(CCCl)C(=O)NCCSC(c1ccccc1)(c1ccccc1)c1ccccc1. The number of urea groups is 1. The topological polar surface area (TPSA) is 61.8 Å². The fourth-order valence-electron chi connectivity index (χ4n) is 3.48. The summed E-state index contributed by atoms with van der Waals surface area (Å²) in [6.45, 7) is 0.456. The normalized spacial score (nSPS) is 11.0. The molecule has 0 atom stereocenters. The van der Waals surface area contributed by atoms with Crippen LogP contribution in [-0.2, 0) is 4.75 Å². The Labute approximate surface area is 191 Å². The largest absolute Gasteiger partial charge is 0.340 e. The van der Waals surface area contributed by atoms with Crippen LogP contribution in [0.4, 0.5) is 4.79 Å². The van der Waals surface area contributed by atoms with E-state index in [0.717, 1.165) is 21.7 Å². The summed E-state index contributed by atoms with van der Waals surface area (Å²) >= 11 is 7.35. The minimum absolute atomic E-state index is 0.0754. The number of hydrogen-bond acceptors (Lipinski definition) is 4. The Morgan fingerprint density at radius 1 is 0.871 bits per heavy atom. The van der Waals surface area contributed by atoms with Crippen molar-refractivity contribution in [2.75, 3.05) is 24.7 Å². The molecule has 0 aliphatic rings. The van der Waals surface area contributed by atoms with Crippen molar-refractivity contribution in [3.63, 3.8) is 0 Å². The van der Waals surface area contributed by atoms with Crippen LogP contribution in [0.1, 0.15) is 16.7 Å². The molecule has 160 valence electrons. The molecule has 5 nitrogen and oxygen atoms in total. The number of hydrogen-bond donors (Lipinski definition) is 1. The van der Waals surface area contributed by atoms with Gasteiger partial charge in [-0.1, -0.05) is 91.0 Å². The molecule has 0 unspecified atom stereocenters. The lowest BCUT2D eigenvalue weighted by Gasteiger charge is -2.35. The van der Waals surface area contributed by atoms with Gasteiger partial charge in [-0.25, -0.2) is 4.79 Å². The second kappa shape index (κ2) is 11.5. The van der Waals surface area contributed by atoms with Gasteiger partial charge < -0.3 is 5.32 Å². The number of nitroso groups, excluding NO2 is 1. The molecule has 3 rings (SSSR count). The summed E-state index contributed by atoms with van der Waals surface area (Å²) < 4.78 is -0.451. The lowest BCUT2D eigenvalue weighted by molar-refractivity contribution is 0.203. The van der Waals surface area contributed by atoms with E-state index in [0.29, 0.717) is 12.3 Å². The molecule has 0 fully saturated rings. The monoisotopic (exact) mass is 453 g/mol. The number of benzene rings is 3. The molecule has 0 radical (unpaired) electrons. The van der Waals surface area contributed by atoms with E-state index in [1.54, 1.807) is 11.8 Å². The van der Waals surface area contributed by atoms with Gasteiger partial charge in [0, 0.05) is 18.2 Å². The number of rotatable bonds is 10. The van der Waals surface area contributed by atoms with Gasteiger partial charge in [0.25, 0.3) is 0 Å². The minimum Gasteiger partial charge on any atom is -0.336 e. The Hall–Kier alpha value is -2.83. The Balaban J connectivity index is 1.90. The second-order valence-corrected chi connectivity index (χ2v) is 8.44. The van der Waals surface area contributed by atoms with Crippen molar-refractivity contribution in [2.45, 2.75) is 4.75 Å². The van der Waals surface area contributed by atoms with Crippen LogP contribution in [0.5, 0.6) is 0 Å². The Morgan fingerprint density at radius 2 is 1.32 bits per heavy atom. The highest BCUT2D eigenvalue weighted by molar-refractivity contribution is 8.00. The van der Waals surface area contributed by atoms with Gasteiger partial charge in [-0.15, -0.1) is 28.3 Å². The molecule has 1 N–H and O–H groups in total. The maximum absolute atomic E-state index is 12.2. The standard InChI is InChI=1S/C24H24ClN3O2S/c25-16-18-28(27-30)23(29)26-17-19-31-24(20-10-4-1-5-11-20,21-12-6-2-7-13-21)22-14-8-3-9-15-22/h1-15H,16-19H2,(H,26,29). The molecule has 0 aliphatic heterocycles. The van der Waals surface area contributed by atoms with E-state index in [2.05, 4.69) is 47.0 Å². The Bertz CT molecular complexity index is 862. The van der Waals surface area contributed by atoms with Crippen LogP contribution in [0.15, 0.2) is 96.3 Å². The fourth-order valence-corrected chi connectivity index (χ4v) is 5.06. The first kappa shape index (κ1) is 22.8. The highest BCUT2D eigenvalue weighted by Gasteiger charge is 2.36. The van der Waals surface area contributed by atoms with E-state index >= 15 is 0 Å². The molecule has 0 aromatic heterocycles. The zero-order valence-corrected chi connectivity index (χ0v) is 18.6. The molecule has 0 heterocycles. The van der Waals surface area contributed by atoms with Gasteiger partial charge in [0.1, 0.15) is 0 Å². The number of carbonyl (C=O) groups is 1. The highest BCUT2D eigenvalue weighted by atomic mass is 35.5. The van der Waals surface area contributed by atoms with Gasteiger partial charge >= 0.3 is 6.03 Å². The molecule has 31 heavy (non-hydrogen) atoms. The van der Waals surface area contributed by atoms with Crippen molar-refractivity contribution >= 4 is 29.4 Å². The number of nitrogens with zero attached hydrogens (tertiary/aromatic N) is 2. The highest BCUT2D eigenvalue weighted by Crippen LogP contribution is 2.48. The molecule has 3 aromatic carbocycles. The van der Waals surface area contributed by atoms with Crippen molar-refractivity contribution in [3.8, 4) is 0 Å². The van der Waals surface area contributed by atoms with Crippen molar-refractivity contribution in [1.82, 2.24) is 10.3 Å². The van der Waals surface area contributed by atoms with Crippen LogP contribution >= 0.6 is 23.4 Å². The second-order valence-electron chi connectivity index (χ2n) is 6.75. The number of carbonyl (C=O) groups excluding carboxylic acids is 1. The average Bonchev–Trinajstić information content (AvgIpc) is 2.84. The third kappa shape index (κ3) is 5.46. The quantitative estimate of drug-likeness (QED) is 0.142. The molecule has 0 saturated heterocycles. The summed E-state index contributed by atoms with van der Waals surface area (Å²) in [5.74, 6) is 0.769. The molecule has 7 heteroatoms. The molecule has 0 aliphatic carbocycles. The first-order valence-electron chi connectivity index (χ1n) is 9.97. The van der Waals surface area contributed by atoms with Gasteiger partial charge in [-0.05, 0) is 16.7 Å². The van der Waals surface area contributed by atoms with Crippen LogP contribution in [0.3, 0.4) is 0 Å². The first-order valence-corrected chi connectivity index (χ1v) is 11.5. The smallest absolute Gasteiger partial charge is 0.336 e. The summed E-state index contributed by atoms with van der Waals surface area (Å²) in [6.07, 6.45) is 0. The lowest BCUT2D eigenvalue weighted by atomic mass is 9.84. The van der Waals surface area contributed by atoms with E-state index in [4.69, 9.17) is 11.6 Å². The summed E-state index contributed by atoms with van der Waals surface area (Å²) in [6, 6.07) is 30.5. The Morgan fingerprint density at radius 3 is 1.71 bits per heavy atom. The molecule has 0 spiro atoms. The third-order valence-corrected chi connectivity index (χ3v) is 6.58. The van der Waals surface area contributed by atoms with Crippen LogP contribution in [0.2, 0.25) is 0 Å². The number of amides is 2. The van der Waals surface area contributed by atoms with Crippen molar-refractivity contribution < 1.29 is 4.79 Å². The van der Waals surface area contributed by atoms with Crippen LogP contribution in [0, 0.1) is 4.91 Å². The zero-order valence-electron chi connectivity index (χ0n) is 17.0. The van der Waals surface area contributed by atoms with Gasteiger partial charge in [0.2, 0.25) is 0 Å². The predicted octanol–water partition coefficient (Wildman–Crippen LogP) is 5.64. The lowest BCUT2D eigenvalue weighted by Crippen LogP contribution is -2.39. The fraction of sp³-hybridized carbons (Fsp3) is 0.208. The average molecular weight is 454 g/mol. The number of nitrogens with one attached hydrogen (secondary N) is 1. The zero-order chi connectivity index (χ0) is 21.9. The van der Waals surface area contributed by atoms with Crippen molar-refractivity contribution in [2.24, 2.45) is 5.29 Å². The predicted molar refractivity (Wildman–Crippen MR) is 128 cm³/mol. The van der Waals surface area contributed by atoms with E-state index < -0.39 is 10.8 Å². The molecular formula is C24H24ClN3O2S. The number of halogens is 1. The van der Waals surface area contributed by atoms with Gasteiger partial charge in [0.05, 0.1) is 16.6 Å². The summed E-state index contributed by atoms with van der Waals surface area (Å²) in [4.78, 5) is 23.0. The third-order valence-electron chi connectivity index (χ3n) is 4.87. The molecular weight excluding hydrogens is 430 g/mol. The molecule has 0 bridgehead atoms. The molecule has 3 aromatic rings. The number of thioether (sulfide) groups is 1. The van der Waals surface area contributed by atoms with E-state index in [-0.39, 0.29) is 12.4 Å². The van der Waals surface area contributed by atoms with Crippen molar-refractivity contribution in [1.29, 1.82) is 0 Å². The molecule has 0 saturated carbocycles. The van der Waals surface area contributed by atoms with Gasteiger partial charge in [-0.3, -0.25) is 0 Å². The molecule has 2 amide bonds.